The summed E-state index contributed by atoms with van der Waals surface area (Å²) in [6, 6.07) is 12.0. The minimum atomic E-state index is -0.614. The van der Waals surface area contributed by atoms with Crippen LogP contribution in [0, 0.1) is 20.8 Å². The molecule has 1 atom stereocenters. The fourth-order valence-corrected chi connectivity index (χ4v) is 4.07. The van der Waals surface area contributed by atoms with Crippen LogP contribution in [0.25, 0.3) is 10.9 Å². The van der Waals surface area contributed by atoms with E-state index in [4.69, 9.17) is 0 Å². The van der Waals surface area contributed by atoms with E-state index < -0.39 is 6.10 Å². The van der Waals surface area contributed by atoms with Crippen LogP contribution in [0.4, 0.5) is 0 Å². The van der Waals surface area contributed by atoms with Crippen LogP contribution in [0.3, 0.4) is 0 Å². The van der Waals surface area contributed by atoms with Gasteiger partial charge in [0.05, 0.1) is 19.1 Å². The Balaban J connectivity index is 1.65. The highest BCUT2D eigenvalue weighted by Gasteiger charge is 2.27. The fraction of sp³-hybridized carbons (Fsp3) is 0.318. The molecular weight excluding hydrogens is 324 g/mol. The van der Waals surface area contributed by atoms with Gasteiger partial charge in [-0.15, -0.1) is 0 Å². The fourth-order valence-electron chi connectivity index (χ4n) is 4.07. The molecule has 1 amide bonds. The second kappa shape index (κ2) is 6.29. The van der Waals surface area contributed by atoms with Gasteiger partial charge in [0.2, 0.25) is 5.91 Å². The predicted molar refractivity (Wildman–Crippen MR) is 103 cm³/mol. The summed E-state index contributed by atoms with van der Waals surface area (Å²) in [6.45, 7) is 7.12. The average molecular weight is 348 g/mol. The zero-order valence-electron chi connectivity index (χ0n) is 15.5. The number of aromatic amines is 1. The Morgan fingerprint density at radius 1 is 1.15 bits per heavy atom. The third-order valence-electron chi connectivity index (χ3n) is 5.54. The Labute approximate surface area is 153 Å². The summed E-state index contributed by atoms with van der Waals surface area (Å²) in [5.74, 6) is 0.0588. The summed E-state index contributed by atoms with van der Waals surface area (Å²) in [4.78, 5) is 18.2. The third-order valence-corrected chi connectivity index (χ3v) is 5.54. The van der Waals surface area contributed by atoms with E-state index in [1.165, 1.54) is 11.1 Å². The molecule has 0 bridgehead atoms. The topological polar surface area (TPSA) is 56.3 Å². The summed E-state index contributed by atoms with van der Waals surface area (Å²) >= 11 is 0. The van der Waals surface area contributed by atoms with Gasteiger partial charge in [0.25, 0.3) is 0 Å². The van der Waals surface area contributed by atoms with Gasteiger partial charge in [-0.2, -0.15) is 0 Å². The van der Waals surface area contributed by atoms with Crippen molar-refractivity contribution in [2.45, 2.75) is 39.8 Å². The van der Waals surface area contributed by atoms with Crippen LogP contribution >= 0.6 is 0 Å². The molecule has 1 aromatic heterocycles. The van der Waals surface area contributed by atoms with Crippen molar-refractivity contribution in [2.75, 3.05) is 6.54 Å². The molecule has 0 aliphatic carbocycles. The number of β-amino-alcohol motifs (C(OH)–C–C–N with tert-alkyl or cyclic N) is 1. The smallest absolute Gasteiger partial charge is 0.227 e. The minimum Gasteiger partial charge on any atom is -0.387 e. The van der Waals surface area contributed by atoms with Gasteiger partial charge in [0, 0.05) is 23.1 Å². The molecule has 2 heterocycles. The van der Waals surface area contributed by atoms with E-state index in [0.717, 1.165) is 33.3 Å². The molecule has 1 aliphatic heterocycles. The van der Waals surface area contributed by atoms with E-state index in [-0.39, 0.29) is 5.91 Å². The van der Waals surface area contributed by atoms with Crippen LogP contribution in [0.15, 0.2) is 36.4 Å². The maximum Gasteiger partial charge on any atom is 0.227 e. The number of aliphatic hydroxyl groups excluding tert-OH is 1. The van der Waals surface area contributed by atoms with Gasteiger partial charge < -0.3 is 15.0 Å². The molecule has 2 aromatic carbocycles. The molecule has 1 aliphatic rings. The lowest BCUT2D eigenvalue weighted by atomic mass is 9.96. The number of H-pyrrole nitrogens is 1. The van der Waals surface area contributed by atoms with Crippen molar-refractivity contribution >= 4 is 16.8 Å². The molecular formula is C22H24N2O2. The Hall–Kier alpha value is -2.59. The van der Waals surface area contributed by atoms with Crippen molar-refractivity contribution in [1.82, 2.24) is 9.88 Å². The van der Waals surface area contributed by atoms with Crippen molar-refractivity contribution in [3.63, 3.8) is 0 Å². The van der Waals surface area contributed by atoms with Gasteiger partial charge in [-0.3, -0.25) is 4.79 Å². The second-order valence-electron chi connectivity index (χ2n) is 7.34. The summed E-state index contributed by atoms with van der Waals surface area (Å²) in [7, 11) is 0. The SMILES string of the molecule is Cc1[nH]c2c(C)ccc(C)c2c1CC(=O)N1Cc2ccccc2[C@@H](O)C1. The number of hydrogen-bond donors (Lipinski definition) is 2. The number of aromatic nitrogens is 1. The van der Waals surface area contributed by atoms with Crippen molar-refractivity contribution < 1.29 is 9.90 Å². The first kappa shape index (κ1) is 16.9. The predicted octanol–water partition coefficient (Wildman–Crippen LogP) is 3.71. The van der Waals surface area contributed by atoms with Crippen molar-refractivity contribution in [2.24, 2.45) is 0 Å². The zero-order chi connectivity index (χ0) is 18.4. The van der Waals surface area contributed by atoms with Crippen LogP contribution < -0.4 is 0 Å². The van der Waals surface area contributed by atoms with E-state index in [1.807, 2.05) is 31.2 Å². The van der Waals surface area contributed by atoms with Crippen LogP contribution in [0.2, 0.25) is 0 Å². The van der Waals surface area contributed by atoms with Crippen LogP contribution in [-0.4, -0.2) is 27.4 Å². The molecule has 4 heteroatoms. The van der Waals surface area contributed by atoms with Crippen LogP contribution in [0.1, 0.15) is 39.6 Å². The molecule has 0 unspecified atom stereocenters. The number of nitrogens with one attached hydrogen (secondary N) is 1. The number of hydrogen-bond acceptors (Lipinski definition) is 2. The molecule has 0 saturated heterocycles. The quantitative estimate of drug-likeness (QED) is 0.742. The van der Waals surface area contributed by atoms with Gasteiger partial charge in [0.15, 0.2) is 0 Å². The molecule has 4 nitrogen and oxygen atoms in total. The van der Waals surface area contributed by atoms with E-state index in [0.29, 0.717) is 19.5 Å². The van der Waals surface area contributed by atoms with Gasteiger partial charge in [0.1, 0.15) is 0 Å². The largest absolute Gasteiger partial charge is 0.387 e. The average Bonchev–Trinajstić information content (AvgIpc) is 2.96. The summed E-state index contributed by atoms with van der Waals surface area (Å²) in [5, 5.41) is 11.6. The number of rotatable bonds is 2. The van der Waals surface area contributed by atoms with Gasteiger partial charge in [-0.25, -0.2) is 0 Å². The second-order valence-corrected chi connectivity index (χ2v) is 7.34. The highest BCUT2D eigenvalue weighted by Crippen LogP contribution is 2.30. The number of aryl methyl sites for hydroxylation is 3. The molecule has 134 valence electrons. The molecule has 0 saturated carbocycles. The standard InChI is InChI=1S/C22H24N2O2/c1-13-8-9-14(2)22-21(13)18(15(3)23-22)10-20(26)24-11-16-6-4-5-7-17(16)19(25)12-24/h4-9,19,23,25H,10-12H2,1-3H3/t19-/m0/s1. The number of nitrogens with zero attached hydrogens (tertiary/aromatic N) is 1. The Morgan fingerprint density at radius 2 is 1.88 bits per heavy atom. The normalized spacial score (nSPS) is 16.8. The minimum absolute atomic E-state index is 0.0588. The first-order chi connectivity index (χ1) is 12.5. The molecule has 2 N–H and O–H groups in total. The van der Waals surface area contributed by atoms with Crippen molar-refractivity contribution in [3.8, 4) is 0 Å². The van der Waals surface area contributed by atoms with Crippen LogP contribution in [0.5, 0.6) is 0 Å². The van der Waals surface area contributed by atoms with Crippen molar-refractivity contribution in [1.29, 1.82) is 0 Å². The lowest BCUT2D eigenvalue weighted by Crippen LogP contribution is -2.39. The highest BCUT2D eigenvalue weighted by molar-refractivity contribution is 5.94. The number of carbonyl (C=O) groups is 1. The summed E-state index contributed by atoms with van der Waals surface area (Å²) < 4.78 is 0. The molecule has 4 rings (SSSR count). The molecule has 0 spiro atoms. The molecule has 3 aromatic rings. The molecule has 0 fully saturated rings. The molecule has 26 heavy (non-hydrogen) atoms. The first-order valence-electron chi connectivity index (χ1n) is 9.06. The van der Waals surface area contributed by atoms with E-state index in [1.54, 1.807) is 4.90 Å². The Kier molecular flexibility index (Phi) is 4.08. The van der Waals surface area contributed by atoms with Crippen molar-refractivity contribution in [3.05, 3.63) is 69.9 Å². The number of amides is 1. The first-order valence-corrected chi connectivity index (χ1v) is 9.06. The number of aliphatic hydroxyl groups is 1. The third kappa shape index (κ3) is 2.71. The maximum absolute atomic E-state index is 13.0. The number of fused-ring (bicyclic) bond motifs is 2. The van der Waals surface area contributed by atoms with Gasteiger partial charge in [-0.1, -0.05) is 36.4 Å². The lowest BCUT2D eigenvalue weighted by molar-refractivity contribution is -0.133. The monoisotopic (exact) mass is 348 g/mol. The number of carbonyl (C=O) groups excluding carboxylic acids is 1. The van der Waals surface area contributed by atoms with E-state index in [2.05, 4.69) is 31.0 Å². The zero-order valence-corrected chi connectivity index (χ0v) is 15.5. The maximum atomic E-state index is 13.0. The highest BCUT2D eigenvalue weighted by atomic mass is 16.3. The summed E-state index contributed by atoms with van der Waals surface area (Å²) in [6.07, 6.45) is -0.262. The van der Waals surface area contributed by atoms with E-state index >= 15 is 0 Å². The number of benzene rings is 2. The van der Waals surface area contributed by atoms with Gasteiger partial charge >= 0.3 is 0 Å². The summed E-state index contributed by atoms with van der Waals surface area (Å²) in [5.41, 5.74) is 7.57. The molecule has 0 radical (unpaired) electrons. The lowest BCUT2D eigenvalue weighted by Gasteiger charge is -2.32. The van der Waals surface area contributed by atoms with E-state index in [9.17, 15) is 9.90 Å². The van der Waals surface area contributed by atoms with Gasteiger partial charge in [-0.05, 0) is 48.6 Å². The Morgan fingerprint density at radius 3 is 2.69 bits per heavy atom. The van der Waals surface area contributed by atoms with Crippen LogP contribution in [-0.2, 0) is 17.8 Å². The Bertz CT molecular complexity index is 1000.